The number of nitrogens with zero attached hydrogens (tertiary/aromatic N) is 3. The smallest absolute Gasteiger partial charge is 0.325 e. The van der Waals surface area contributed by atoms with Gasteiger partial charge in [0.2, 0.25) is 5.95 Å². The van der Waals surface area contributed by atoms with Gasteiger partial charge in [-0.2, -0.15) is 5.10 Å². The molecule has 0 spiro atoms. The maximum absolute atomic E-state index is 12.8. The van der Waals surface area contributed by atoms with Crippen LogP contribution in [0.5, 0.6) is 0 Å². The molecule has 0 saturated carbocycles. The summed E-state index contributed by atoms with van der Waals surface area (Å²) in [7, 11) is 0. The highest BCUT2D eigenvalue weighted by atomic mass is 16.2. The van der Waals surface area contributed by atoms with Crippen molar-refractivity contribution in [3.63, 3.8) is 0 Å². The average Bonchev–Trinajstić information content (AvgIpc) is 3.31. The predicted molar refractivity (Wildman–Crippen MR) is 104 cm³/mol. The minimum Gasteiger partial charge on any atom is -0.333 e. The summed E-state index contributed by atoms with van der Waals surface area (Å²) in [6.07, 6.45) is 5.76. The van der Waals surface area contributed by atoms with Gasteiger partial charge in [-0.05, 0) is 38.3 Å². The van der Waals surface area contributed by atoms with E-state index in [0.717, 1.165) is 24.1 Å². The molecule has 7 heteroatoms. The van der Waals surface area contributed by atoms with E-state index in [4.69, 9.17) is 0 Å². The van der Waals surface area contributed by atoms with Crippen LogP contribution in [0.4, 0.5) is 5.95 Å². The van der Waals surface area contributed by atoms with Crippen LogP contribution in [0, 0.1) is 0 Å². The van der Waals surface area contributed by atoms with Gasteiger partial charge in [-0.25, -0.2) is 4.98 Å². The number of anilines is 1. The van der Waals surface area contributed by atoms with Crippen LogP contribution < -0.4 is 14.9 Å². The molecule has 27 heavy (non-hydrogen) atoms. The first-order valence-electron chi connectivity index (χ1n) is 9.93. The summed E-state index contributed by atoms with van der Waals surface area (Å²) < 4.78 is 3.97. The van der Waals surface area contributed by atoms with Crippen molar-refractivity contribution in [2.45, 2.75) is 39.3 Å². The Morgan fingerprint density at radius 2 is 2.07 bits per heavy atom. The summed E-state index contributed by atoms with van der Waals surface area (Å²) in [6.45, 7) is 7.12. The van der Waals surface area contributed by atoms with Crippen LogP contribution >= 0.6 is 0 Å². The molecule has 0 unspecified atom stereocenters. The van der Waals surface area contributed by atoms with Gasteiger partial charge in [0.25, 0.3) is 5.69 Å². The molecule has 1 aromatic carbocycles. The maximum atomic E-state index is 12.8. The lowest BCUT2D eigenvalue weighted by molar-refractivity contribution is -0.905. The zero-order valence-corrected chi connectivity index (χ0v) is 15.9. The molecule has 0 bridgehead atoms. The number of aryl methyl sites for hydroxylation is 1. The number of H-pyrrole nitrogens is 1. The summed E-state index contributed by atoms with van der Waals surface area (Å²) in [5.74, 6) is 0.487. The van der Waals surface area contributed by atoms with Gasteiger partial charge in [0.05, 0.1) is 43.4 Å². The molecule has 1 saturated heterocycles. The second-order valence-corrected chi connectivity index (χ2v) is 7.18. The predicted octanol–water partition coefficient (Wildman–Crippen LogP) is 0.993. The molecular formula is C20H28N6O+2. The lowest BCUT2D eigenvalue weighted by atomic mass is 10.1. The fraction of sp³-hybridized carbons (Fsp3) is 0.450. The lowest BCUT2D eigenvalue weighted by Gasteiger charge is -2.24. The van der Waals surface area contributed by atoms with Crippen LogP contribution in [0.3, 0.4) is 0 Å². The van der Waals surface area contributed by atoms with E-state index in [1.54, 1.807) is 17.2 Å². The molecule has 3 heterocycles. The standard InChI is InChI=1S/C20H26N6O/c1-2-26-18(10-11-21-26)19(27)23-20-22-16-8-4-5-9-17(16)25(20)15-14-24-12-6-3-7-13-24/h4-5,8-11H,2-3,6-7,12-15H2,1H3,(H,22,23,27)/p+2. The zero-order valence-electron chi connectivity index (χ0n) is 15.9. The molecule has 0 atom stereocenters. The van der Waals surface area contributed by atoms with Crippen LogP contribution in [-0.2, 0) is 13.1 Å². The quantitative estimate of drug-likeness (QED) is 0.568. The van der Waals surface area contributed by atoms with E-state index in [2.05, 4.69) is 26.0 Å². The minimum absolute atomic E-state index is 0.139. The van der Waals surface area contributed by atoms with E-state index in [0.29, 0.717) is 18.2 Å². The number of hydrogen-bond donors (Lipinski definition) is 3. The Hall–Kier alpha value is -2.67. The number of para-hydroxylation sites is 2. The van der Waals surface area contributed by atoms with Gasteiger partial charge in [-0.3, -0.25) is 10.1 Å². The van der Waals surface area contributed by atoms with Crippen LogP contribution in [0.25, 0.3) is 11.0 Å². The van der Waals surface area contributed by atoms with Gasteiger partial charge in [0, 0.05) is 6.07 Å². The monoisotopic (exact) mass is 368 g/mol. The Bertz CT molecular complexity index is 922. The largest absolute Gasteiger partial charge is 0.333 e. The number of benzene rings is 1. The SMILES string of the molecule is CC[n+]1[nH]ccc1C(=O)Nc1nc2ccccc2n1CC[NH+]1CCCCC1. The molecule has 2 aromatic heterocycles. The number of aromatic amines is 1. The average molecular weight is 368 g/mol. The van der Waals surface area contributed by atoms with Crippen molar-refractivity contribution in [2.75, 3.05) is 25.0 Å². The van der Waals surface area contributed by atoms with Gasteiger partial charge in [0.15, 0.2) is 6.54 Å². The normalized spacial score (nSPS) is 15.3. The fourth-order valence-electron chi connectivity index (χ4n) is 3.96. The summed E-state index contributed by atoms with van der Waals surface area (Å²) in [4.78, 5) is 19.1. The van der Waals surface area contributed by atoms with Gasteiger partial charge >= 0.3 is 5.91 Å². The summed E-state index contributed by atoms with van der Waals surface area (Å²) in [6, 6.07) is 9.88. The number of nitrogens with one attached hydrogen (secondary N) is 3. The Labute approximate surface area is 159 Å². The van der Waals surface area contributed by atoms with Crippen LogP contribution in [-0.4, -0.2) is 40.2 Å². The van der Waals surface area contributed by atoms with Gasteiger partial charge in [0.1, 0.15) is 0 Å². The number of rotatable bonds is 6. The van der Waals surface area contributed by atoms with Crippen LogP contribution in [0.1, 0.15) is 36.7 Å². The van der Waals surface area contributed by atoms with Crippen LogP contribution in [0.15, 0.2) is 36.5 Å². The first-order valence-corrected chi connectivity index (χ1v) is 9.93. The number of carbonyl (C=O) groups excluding carboxylic acids is 1. The number of imidazole rings is 1. The number of quaternary nitrogens is 1. The van der Waals surface area contributed by atoms with E-state index in [1.807, 2.05) is 29.8 Å². The second-order valence-electron chi connectivity index (χ2n) is 7.18. The van der Waals surface area contributed by atoms with Gasteiger partial charge in [-0.15, -0.1) is 4.68 Å². The molecule has 1 fully saturated rings. The number of amides is 1. The first-order chi connectivity index (χ1) is 13.3. The lowest BCUT2D eigenvalue weighted by Crippen LogP contribution is -3.13. The highest BCUT2D eigenvalue weighted by Crippen LogP contribution is 2.19. The summed E-state index contributed by atoms with van der Waals surface area (Å²) >= 11 is 0. The Morgan fingerprint density at radius 1 is 1.26 bits per heavy atom. The molecule has 3 N–H and O–H groups in total. The third-order valence-electron chi connectivity index (χ3n) is 5.44. The van der Waals surface area contributed by atoms with E-state index in [1.165, 1.54) is 32.4 Å². The number of aromatic nitrogens is 4. The first kappa shape index (κ1) is 17.7. The molecule has 4 rings (SSSR count). The van der Waals surface area contributed by atoms with Crippen molar-refractivity contribution in [3.05, 3.63) is 42.2 Å². The number of likely N-dealkylation sites (tertiary alicyclic amines) is 1. The number of piperidine rings is 1. The number of hydrogen-bond acceptors (Lipinski definition) is 2. The molecule has 0 aliphatic carbocycles. The van der Waals surface area contributed by atoms with E-state index in [9.17, 15) is 4.79 Å². The van der Waals surface area contributed by atoms with Crippen molar-refractivity contribution < 1.29 is 14.4 Å². The maximum Gasteiger partial charge on any atom is 0.325 e. The second kappa shape index (κ2) is 7.92. The van der Waals surface area contributed by atoms with E-state index < -0.39 is 0 Å². The molecule has 3 aromatic rings. The van der Waals surface area contributed by atoms with Crippen molar-refractivity contribution >= 4 is 22.9 Å². The van der Waals surface area contributed by atoms with Crippen molar-refractivity contribution in [2.24, 2.45) is 0 Å². The molecule has 7 nitrogen and oxygen atoms in total. The van der Waals surface area contributed by atoms with Gasteiger partial charge in [-0.1, -0.05) is 12.1 Å². The number of carbonyl (C=O) groups is 1. The molecule has 1 aliphatic heterocycles. The zero-order chi connectivity index (χ0) is 18.6. The highest BCUT2D eigenvalue weighted by molar-refractivity contribution is 6.01. The Kier molecular flexibility index (Phi) is 5.20. The van der Waals surface area contributed by atoms with Gasteiger partial charge < -0.3 is 9.47 Å². The summed E-state index contributed by atoms with van der Waals surface area (Å²) in [5.41, 5.74) is 2.60. The molecule has 1 aliphatic rings. The van der Waals surface area contributed by atoms with Crippen molar-refractivity contribution in [3.8, 4) is 0 Å². The molecule has 0 radical (unpaired) electrons. The Balaban J connectivity index is 1.58. The van der Waals surface area contributed by atoms with E-state index >= 15 is 0 Å². The number of fused-ring (bicyclic) bond motifs is 1. The highest BCUT2D eigenvalue weighted by Gasteiger charge is 2.23. The molecular weight excluding hydrogens is 340 g/mol. The topological polar surface area (TPSA) is 71.0 Å². The minimum atomic E-state index is -0.139. The van der Waals surface area contributed by atoms with Crippen molar-refractivity contribution in [1.29, 1.82) is 0 Å². The third-order valence-corrected chi connectivity index (χ3v) is 5.44. The third kappa shape index (κ3) is 3.73. The molecule has 1 amide bonds. The van der Waals surface area contributed by atoms with Crippen LogP contribution in [0.2, 0.25) is 0 Å². The van der Waals surface area contributed by atoms with Crippen molar-refractivity contribution in [1.82, 2.24) is 14.6 Å². The molecule has 142 valence electrons. The van der Waals surface area contributed by atoms with E-state index in [-0.39, 0.29) is 5.91 Å². The fourth-order valence-corrected chi connectivity index (χ4v) is 3.96. The Morgan fingerprint density at radius 3 is 2.89 bits per heavy atom. The summed E-state index contributed by atoms with van der Waals surface area (Å²) in [5, 5.41) is 6.08.